The number of carbonyl (C=O) groups excluding carboxylic acids is 1. The third-order valence-electron chi connectivity index (χ3n) is 4.23. The molecule has 0 saturated carbocycles. The highest BCUT2D eigenvalue weighted by atomic mass is 32.2. The van der Waals surface area contributed by atoms with Crippen LogP contribution in [-0.4, -0.2) is 15.8 Å². The lowest BCUT2D eigenvalue weighted by Crippen LogP contribution is -2.23. The molecule has 3 rings (SSSR count). The highest BCUT2D eigenvalue weighted by Crippen LogP contribution is 2.35. The fourth-order valence-electron chi connectivity index (χ4n) is 2.73. The van der Waals surface area contributed by atoms with Gasteiger partial charge >= 0.3 is 0 Å². The average Bonchev–Trinajstić information content (AvgIpc) is 2.92. The van der Waals surface area contributed by atoms with Crippen molar-refractivity contribution in [3.63, 3.8) is 0 Å². The Morgan fingerprint density at radius 3 is 2.43 bits per heavy atom. The maximum Gasteiger partial charge on any atom is 0.283 e. The fraction of sp³-hybridized carbons (Fsp3) is 0.0952. The van der Waals surface area contributed by atoms with E-state index in [1.807, 2.05) is 25.2 Å². The van der Waals surface area contributed by atoms with Crippen molar-refractivity contribution in [1.29, 1.82) is 0 Å². The predicted molar refractivity (Wildman–Crippen MR) is 113 cm³/mol. The van der Waals surface area contributed by atoms with Crippen molar-refractivity contribution in [1.82, 2.24) is 5.32 Å². The molecule has 2 aromatic rings. The third-order valence-corrected chi connectivity index (χ3v) is 5.30. The lowest BCUT2D eigenvalue weighted by atomic mass is 10.1. The summed E-state index contributed by atoms with van der Waals surface area (Å²) < 4.78 is 0. The minimum atomic E-state index is -0.606. The maximum atomic E-state index is 13.0. The van der Waals surface area contributed by atoms with Crippen LogP contribution in [0.25, 0.3) is 0 Å². The molecule has 152 valence electrons. The van der Waals surface area contributed by atoms with Crippen LogP contribution in [0.1, 0.15) is 17.3 Å². The van der Waals surface area contributed by atoms with Gasteiger partial charge in [0.05, 0.1) is 9.85 Å². The minimum absolute atomic E-state index is 0.0641. The molecule has 1 aliphatic rings. The Morgan fingerprint density at radius 2 is 1.77 bits per heavy atom. The van der Waals surface area contributed by atoms with Gasteiger partial charge in [0.2, 0.25) is 0 Å². The highest BCUT2D eigenvalue weighted by Gasteiger charge is 2.25. The molecule has 1 aliphatic carbocycles. The molecule has 0 fully saturated rings. The number of benzene rings is 2. The van der Waals surface area contributed by atoms with Gasteiger partial charge < -0.3 is 5.32 Å². The van der Waals surface area contributed by atoms with Crippen molar-refractivity contribution in [3.8, 4) is 0 Å². The van der Waals surface area contributed by atoms with Gasteiger partial charge in [-0.05, 0) is 36.3 Å². The zero-order chi connectivity index (χ0) is 21.7. The van der Waals surface area contributed by atoms with E-state index >= 15 is 0 Å². The first-order chi connectivity index (χ1) is 14.3. The predicted octanol–water partition coefficient (Wildman–Crippen LogP) is 5.03. The van der Waals surface area contributed by atoms with E-state index in [0.717, 1.165) is 11.8 Å². The number of non-ortho nitro benzene ring substituents is 1. The van der Waals surface area contributed by atoms with Crippen LogP contribution in [0, 0.1) is 26.1 Å². The molecule has 8 nitrogen and oxygen atoms in total. The molecule has 30 heavy (non-hydrogen) atoms. The molecule has 0 radical (unpaired) electrons. The SMILES string of the molecule is CC1C=CC=C(NC(=O)c2c(Sc3ccc([N+](=O)[O-])cc3)cccc2[N+](=O)[O-])C=C1. The monoisotopic (exact) mass is 423 g/mol. The van der Waals surface area contributed by atoms with E-state index in [9.17, 15) is 25.0 Å². The van der Waals surface area contributed by atoms with Crippen LogP contribution in [0.15, 0.2) is 88.3 Å². The van der Waals surface area contributed by atoms with Crippen LogP contribution in [0.2, 0.25) is 0 Å². The Kier molecular flexibility index (Phi) is 6.43. The van der Waals surface area contributed by atoms with Crippen LogP contribution in [0.4, 0.5) is 11.4 Å². The molecule has 1 unspecified atom stereocenters. The zero-order valence-electron chi connectivity index (χ0n) is 15.8. The van der Waals surface area contributed by atoms with Crippen molar-refractivity contribution in [3.05, 3.63) is 104 Å². The fourth-order valence-corrected chi connectivity index (χ4v) is 3.71. The van der Waals surface area contributed by atoms with E-state index in [1.54, 1.807) is 18.2 Å². The number of nitrogens with one attached hydrogen (secondary N) is 1. The summed E-state index contributed by atoms with van der Waals surface area (Å²) in [5.74, 6) is -0.402. The third kappa shape index (κ3) is 5.00. The van der Waals surface area contributed by atoms with Crippen LogP contribution in [-0.2, 0) is 0 Å². The number of nitro groups is 2. The second-order valence-electron chi connectivity index (χ2n) is 6.44. The lowest BCUT2D eigenvalue weighted by molar-refractivity contribution is -0.385. The Labute approximate surface area is 176 Å². The van der Waals surface area contributed by atoms with E-state index in [4.69, 9.17) is 0 Å². The number of amides is 1. The molecule has 0 heterocycles. The average molecular weight is 423 g/mol. The van der Waals surface area contributed by atoms with Gasteiger partial charge in [0.15, 0.2) is 0 Å². The first-order valence-electron chi connectivity index (χ1n) is 8.93. The summed E-state index contributed by atoms with van der Waals surface area (Å²) in [7, 11) is 0. The Morgan fingerprint density at radius 1 is 1.03 bits per heavy atom. The summed E-state index contributed by atoms with van der Waals surface area (Å²) in [6.45, 7) is 1.99. The van der Waals surface area contributed by atoms with Gasteiger partial charge in [-0.25, -0.2) is 0 Å². The normalized spacial score (nSPS) is 15.2. The molecule has 1 N–H and O–H groups in total. The zero-order valence-corrected chi connectivity index (χ0v) is 16.7. The van der Waals surface area contributed by atoms with Gasteiger partial charge in [0, 0.05) is 33.7 Å². The molecule has 1 atom stereocenters. The van der Waals surface area contributed by atoms with Crippen molar-refractivity contribution < 1.29 is 14.6 Å². The number of nitro benzene ring substituents is 2. The lowest BCUT2D eigenvalue weighted by Gasteiger charge is -2.11. The van der Waals surface area contributed by atoms with Gasteiger partial charge in [0.25, 0.3) is 17.3 Å². The maximum absolute atomic E-state index is 13.0. The Balaban J connectivity index is 1.94. The largest absolute Gasteiger partial charge is 0.322 e. The molecule has 0 aliphatic heterocycles. The first kappa shape index (κ1) is 21.0. The van der Waals surface area contributed by atoms with Crippen LogP contribution in [0.5, 0.6) is 0 Å². The van der Waals surface area contributed by atoms with Crippen LogP contribution in [0.3, 0.4) is 0 Å². The van der Waals surface area contributed by atoms with Crippen LogP contribution >= 0.6 is 11.8 Å². The number of allylic oxidation sites excluding steroid dienone is 5. The molecular formula is C21H17N3O5S. The summed E-state index contributed by atoms with van der Waals surface area (Å²) in [6.07, 6.45) is 9.14. The standard InChI is InChI=1S/C21H17N3O5S/c1-14-4-2-5-15(9-8-14)22-21(25)20-18(24(28)29)6-3-7-19(20)30-17-12-10-16(11-13-17)23(26)27/h2-14H,1H3,(H,22,25). The summed E-state index contributed by atoms with van der Waals surface area (Å²) in [4.78, 5) is 35.2. The van der Waals surface area contributed by atoms with E-state index in [1.165, 1.54) is 36.4 Å². The minimum Gasteiger partial charge on any atom is -0.322 e. The number of nitrogens with zero attached hydrogens (tertiary/aromatic N) is 2. The van der Waals surface area contributed by atoms with Gasteiger partial charge in [0.1, 0.15) is 5.56 Å². The summed E-state index contributed by atoms with van der Waals surface area (Å²) in [5.41, 5.74) is 0.0683. The molecular weight excluding hydrogens is 406 g/mol. The number of rotatable bonds is 6. The number of hydrogen-bond donors (Lipinski definition) is 1. The van der Waals surface area contributed by atoms with E-state index < -0.39 is 15.8 Å². The van der Waals surface area contributed by atoms with Gasteiger partial charge in [-0.2, -0.15) is 0 Å². The van der Waals surface area contributed by atoms with Crippen molar-refractivity contribution in [2.45, 2.75) is 16.7 Å². The van der Waals surface area contributed by atoms with Crippen molar-refractivity contribution in [2.75, 3.05) is 0 Å². The second kappa shape index (κ2) is 9.19. The molecule has 2 aromatic carbocycles. The number of carbonyl (C=O) groups is 1. The topological polar surface area (TPSA) is 115 Å². The summed E-state index contributed by atoms with van der Waals surface area (Å²) in [6, 6.07) is 10.1. The Bertz CT molecular complexity index is 1090. The highest BCUT2D eigenvalue weighted by molar-refractivity contribution is 7.99. The summed E-state index contributed by atoms with van der Waals surface area (Å²) >= 11 is 1.12. The Hall–Kier alpha value is -3.72. The van der Waals surface area contributed by atoms with Crippen LogP contribution < -0.4 is 5.32 Å². The molecule has 0 saturated heterocycles. The molecule has 0 spiro atoms. The molecule has 9 heteroatoms. The van der Waals surface area contributed by atoms with Crippen molar-refractivity contribution >= 4 is 29.0 Å². The second-order valence-corrected chi connectivity index (χ2v) is 7.56. The van der Waals surface area contributed by atoms with Gasteiger partial charge in [-0.15, -0.1) is 0 Å². The van der Waals surface area contributed by atoms with E-state index in [-0.39, 0.29) is 22.9 Å². The quantitative estimate of drug-likeness (QED) is 0.515. The van der Waals surface area contributed by atoms with E-state index in [2.05, 4.69) is 5.32 Å². The summed E-state index contributed by atoms with van der Waals surface area (Å²) in [5, 5.41) is 25.1. The molecule has 0 bridgehead atoms. The van der Waals surface area contributed by atoms with Crippen molar-refractivity contribution in [2.24, 2.45) is 5.92 Å². The smallest absolute Gasteiger partial charge is 0.283 e. The molecule has 1 amide bonds. The van der Waals surface area contributed by atoms with Gasteiger partial charge in [-0.3, -0.25) is 25.0 Å². The van der Waals surface area contributed by atoms with E-state index in [0.29, 0.717) is 15.5 Å². The first-order valence-corrected chi connectivity index (χ1v) is 9.74. The number of hydrogen-bond acceptors (Lipinski definition) is 6. The molecule has 0 aromatic heterocycles. The van der Waals surface area contributed by atoms with Gasteiger partial charge in [-0.1, -0.05) is 43.0 Å².